The number of fused-ring (bicyclic) bond motifs is 1. The summed E-state index contributed by atoms with van der Waals surface area (Å²) < 4.78 is 27.0. The van der Waals surface area contributed by atoms with E-state index in [0.717, 1.165) is 12.1 Å². The normalized spacial score (nSPS) is 16.2. The monoisotopic (exact) mass is 500 g/mol. The average molecular weight is 501 g/mol. The number of hydrogen-bond acceptors (Lipinski definition) is 5. The van der Waals surface area contributed by atoms with Crippen LogP contribution in [0.2, 0.25) is 0 Å². The molecular formula is C26H30F2N4O4. The van der Waals surface area contributed by atoms with Crippen molar-refractivity contribution >= 4 is 34.9 Å². The summed E-state index contributed by atoms with van der Waals surface area (Å²) in [6, 6.07) is 7.22. The van der Waals surface area contributed by atoms with Crippen molar-refractivity contribution in [1.82, 2.24) is 5.32 Å². The number of Topliss-reactive ketones (excluding diaryl/α,β-unsaturated/α-hetero) is 1. The van der Waals surface area contributed by atoms with Crippen LogP contribution < -0.4 is 20.9 Å². The van der Waals surface area contributed by atoms with Gasteiger partial charge in [0, 0.05) is 18.2 Å². The predicted molar refractivity (Wildman–Crippen MR) is 131 cm³/mol. The number of rotatable bonds is 7. The zero-order chi connectivity index (χ0) is 26.9. The number of carbonyl (C=O) groups excluding carboxylic acids is 4. The Bertz CT molecular complexity index is 1150. The second kappa shape index (κ2) is 10.1. The summed E-state index contributed by atoms with van der Waals surface area (Å²) in [7, 11) is 0. The molecule has 3 N–H and O–H groups in total. The highest BCUT2D eigenvalue weighted by molar-refractivity contribution is 6.37. The zero-order valence-electron chi connectivity index (χ0n) is 20.8. The van der Waals surface area contributed by atoms with Gasteiger partial charge in [-0.05, 0) is 64.4 Å². The van der Waals surface area contributed by atoms with Crippen molar-refractivity contribution in [2.75, 3.05) is 9.80 Å². The predicted octanol–water partition coefficient (Wildman–Crippen LogP) is 2.48. The van der Waals surface area contributed by atoms with Crippen molar-refractivity contribution < 1.29 is 28.0 Å². The molecule has 0 aromatic heterocycles. The topological polar surface area (TPSA) is 113 Å². The van der Waals surface area contributed by atoms with E-state index in [2.05, 4.69) is 5.32 Å². The van der Waals surface area contributed by atoms with E-state index in [9.17, 15) is 28.0 Å². The molecule has 3 rings (SSSR count). The number of nitrogens with two attached hydrogens (primary N) is 1. The minimum atomic E-state index is -2.62. The summed E-state index contributed by atoms with van der Waals surface area (Å²) in [5.41, 5.74) is 4.72. The second-order valence-electron chi connectivity index (χ2n) is 9.44. The first-order chi connectivity index (χ1) is 16.8. The highest BCUT2D eigenvalue weighted by atomic mass is 19.1. The van der Waals surface area contributed by atoms with Crippen LogP contribution in [-0.4, -0.2) is 47.2 Å². The van der Waals surface area contributed by atoms with Crippen molar-refractivity contribution in [2.24, 2.45) is 5.73 Å². The molecule has 1 atom stereocenters. The lowest BCUT2D eigenvalue weighted by atomic mass is 9.87. The van der Waals surface area contributed by atoms with Gasteiger partial charge in [0.1, 0.15) is 11.6 Å². The molecule has 2 aromatic carbocycles. The number of nitrogens with one attached hydrogen (secondary N) is 1. The van der Waals surface area contributed by atoms with Crippen LogP contribution in [0.15, 0.2) is 42.5 Å². The number of amides is 3. The molecule has 1 heterocycles. The zero-order valence-corrected chi connectivity index (χ0v) is 20.8. The Balaban J connectivity index is 1.97. The van der Waals surface area contributed by atoms with E-state index in [0.29, 0.717) is 17.4 Å². The smallest absolute Gasteiger partial charge is 0.265 e. The van der Waals surface area contributed by atoms with Gasteiger partial charge < -0.3 is 20.9 Å². The van der Waals surface area contributed by atoms with Crippen LogP contribution >= 0.6 is 0 Å². The highest BCUT2D eigenvalue weighted by Crippen LogP contribution is 2.38. The number of para-hydroxylation sites is 2. The van der Waals surface area contributed by atoms with E-state index in [1.54, 1.807) is 52.0 Å². The van der Waals surface area contributed by atoms with Crippen molar-refractivity contribution in [2.45, 2.75) is 64.7 Å². The van der Waals surface area contributed by atoms with Crippen LogP contribution in [0, 0.1) is 11.6 Å². The van der Waals surface area contributed by atoms with Crippen molar-refractivity contribution in [3.05, 3.63) is 59.7 Å². The largest absolute Gasteiger partial charge is 0.346 e. The maximum Gasteiger partial charge on any atom is 0.265 e. The molecule has 0 fully saturated rings. The lowest BCUT2D eigenvalue weighted by molar-refractivity contribution is -0.143. The summed E-state index contributed by atoms with van der Waals surface area (Å²) in [5, 5.41) is 2.41. The van der Waals surface area contributed by atoms with Crippen molar-refractivity contribution in [3.63, 3.8) is 0 Å². The van der Waals surface area contributed by atoms with E-state index in [-0.39, 0.29) is 5.56 Å². The van der Waals surface area contributed by atoms with Crippen LogP contribution in [-0.2, 0) is 25.6 Å². The van der Waals surface area contributed by atoms with Crippen molar-refractivity contribution in [3.8, 4) is 0 Å². The summed E-state index contributed by atoms with van der Waals surface area (Å²) >= 11 is 0. The Hall–Kier alpha value is -3.66. The molecule has 0 unspecified atom stereocenters. The Labute approximate surface area is 208 Å². The SMILES string of the molecule is CC(C)N1C(=O)C(N)(C(=O)[C@H](C)NC(=O)Cc2cc(F)cc(F)c2)C(=O)N(C(C)C)c2ccccc21. The molecule has 1 aliphatic heterocycles. The van der Waals surface area contributed by atoms with Crippen LogP contribution in [0.25, 0.3) is 0 Å². The van der Waals surface area contributed by atoms with E-state index >= 15 is 0 Å². The van der Waals surface area contributed by atoms with E-state index in [1.807, 2.05) is 0 Å². The summed E-state index contributed by atoms with van der Waals surface area (Å²) in [4.78, 5) is 56.4. The van der Waals surface area contributed by atoms with E-state index < -0.39 is 65.2 Å². The Morgan fingerprint density at radius 1 is 0.889 bits per heavy atom. The molecule has 1 aliphatic rings. The van der Waals surface area contributed by atoms with Crippen LogP contribution in [0.3, 0.4) is 0 Å². The molecule has 36 heavy (non-hydrogen) atoms. The first-order valence-corrected chi connectivity index (χ1v) is 11.6. The Kier molecular flexibility index (Phi) is 7.59. The first-order valence-electron chi connectivity index (χ1n) is 11.6. The summed E-state index contributed by atoms with van der Waals surface area (Å²) in [6.07, 6.45) is -0.423. The van der Waals surface area contributed by atoms with E-state index in [1.165, 1.54) is 16.7 Å². The third-order valence-corrected chi connectivity index (χ3v) is 5.99. The Morgan fingerprint density at radius 3 is 1.75 bits per heavy atom. The standard InChI is InChI=1S/C26H30F2N4O4/c1-14(2)31-20-8-6-7-9-21(20)32(15(3)4)25(36)26(29,24(31)35)23(34)16(5)30-22(33)12-17-10-18(27)13-19(28)11-17/h6-11,13-16H,12,29H2,1-5H3,(H,30,33)/t16-/m0/s1. The molecule has 2 aromatic rings. The number of halogens is 2. The second-order valence-corrected chi connectivity index (χ2v) is 9.44. The molecule has 0 radical (unpaired) electrons. The average Bonchev–Trinajstić information content (AvgIpc) is 2.84. The van der Waals surface area contributed by atoms with E-state index in [4.69, 9.17) is 5.73 Å². The van der Waals surface area contributed by atoms with Gasteiger partial charge >= 0.3 is 0 Å². The molecule has 0 saturated heterocycles. The number of ketones is 1. The highest BCUT2D eigenvalue weighted by Gasteiger charge is 2.57. The summed E-state index contributed by atoms with van der Waals surface area (Å²) in [6.45, 7) is 8.24. The van der Waals surface area contributed by atoms with Gasteiger partial charge in [0.2, 0.25) is 11.4 Å². The third kappa shape index (κ3) is 4.86. The van der Waals surface area contributed by atoms with Gasteiger partial charge in [-0.3, -0.25) is 19.2 Å². The van der Waals surface area contributed by atoms with Crippen LogP contribution in [0.1, 0.15) is 40.2 Å². The van der Waals surface area contributed by atoms with Gasteiger partial charge in [-0.2, -0.15) is 0 Å². The summed E-state index contributed by atoms with van der Waals surface area (Å²) in [5.74, 6) is -5.24. The number of hydrogen-bond donors (Lipinski definition) is 2. The minimum absolute atomic E-state index is 0.0566. The van der Waals surface area contributed by atoms with Gasteiger partial charge in [0.25, 0.3) is 11.8 Å². The van der Waals surface area contributed by atoms with Gasteiger partial charge in [-0.25, -0.2) is 8.78 Å². The molecule has 0 spiro atoms. The molecule has 0 aliphatic carbocycles. The van der Waals surface area contributed by atoms with Gasteiger partial charge in [-0.1, -0.05) is 12.1 Å². The Morgan fingerprint density at radius 2 is 1.33 bits per heavy atom. The fraction of sp³-hybridized carbons (Fsp3) is 0.385. The molecule has 10 heteroatoms. The maximum absolute atomic E-state index is 13.8. The quantitative estimate of drug-likeness (QED) is 0.568. The fourth-order valence-corrected chi connectivity index (χ4v) is 4.40. The van der Waals surface area contributed by atoms with Gasteiger partial charge in [-0.15, -0.1) is 0 Å². The van der Waals surface area contributed by atoms with Crippen molar-refractivity contribution in [1.29, 1.82) is 0 Å². The van der Waals surface area contributed by atoms with Crippen LogP contribution in [0.4, 0.5) is 20.2 Å². The van der Waals surface area contributed by atoms with Crippen LogP contribution in [0.5, 0.6) is 0 Å². The third-order valence-electron chi connectivity index (χ3n) is 5.99. The maximum atomic E-state index is 13.8. The number of nitrogens with zero attached hydrogens (tertiary/aromatic N) is 2. The lowest BCUT2D eigenvalue weighted by Gasteiger charge is -2.34. The first kappa shape index (κ1) is 26.9. The molecule has 192 valence electrons. The van der Waals surface area contributed by atoms with Gasteiger partial charge in [0.15, 0.2) is 5.78 Å². The molecule has 8 nitrogen and oxygen atoms in total. The minimum Gasteiger partial charge on any atom is -0.346 e. The molecule has 0 bridgehead atoms. The molecule has 3 amide bonds. The fourth-order valence-electron chi connectivity index (χ4n) is 4.40. The van der Waals surface area contributed by atoms with Gasteiger partial charge in [0.05, 0.1) is 23.8 Å². The number of carbonyl (C=O) groups is 4. The lowest BCUT2D eigenvalue weighted by Crippen LogP contribution is -2.72. The molecular weight excluding hydrogens is 470 g/mol. The molecule has 0 saturated carbocycles. The number of anilines is 2. The number of benzene rings is 2.